The van der Waals surface area contributed by atoms with Gasteiger partial charge >= 0.3 is 17.9 Å². The number of hydrogen-bond acceptors (Lipinski definition) is 3. The minimum atomic E-state index is -5.73. The van der Waals surface area contributed by atoms with Gasteiger partial charge in [-0.3, -0.25) is 0 Å². The monoisotopic (exact) mass is 410 g/mol. The maximum absolute atomic E-state index is 15.4. The molecular formula is C20H27F5O3. The molecule has 5 fully saturated rings. The highest BCUT2D eigenvalue weighted by Crippen LogP contribution is 2.78. The van der Waals surface area contributed by atoms with Gasteiger partial charge in [0.1, 0.15) is 5.60 Å². The Balaban J connectivity index is 1.66. The van der Waals surface area contributed by atoms with Crippen LogP contribution in [0.4, 0.5) is 22.0 Å². The molecule has 4 bridgehead atoms. The SMILES string of the molecule is CC1C(C)C2CC1C1C3CC(C21)C1(O)C3C(C)(C)OC(O)(C(F)(F)F)C1(F)F. The van der Waals surface area contributed by atoms with Crippen LogP contribution in [0.1, 0.15) is 40.5 Å². The van der Waals surface area contributed by atoms with Gasteiger partial charge in [0, 0.05) is 5.92 Å². The molecule has 0 spiro atoms. The zero-order valence-corrected chi connectivity index (χ0v) is 16.3. The van der Waals surface area contributed by atoms with Gasteiger partial charge in [0.15, 0.2) is 0 Å². The molecule has 0 radical (unpaired) electrons. The number of rotatable bonds is 0. The van der Waals surface area contributed by atoms with Crippen molar-refractivity contribution < 1.29 is 36.9 Å². The van der Waals surface area contributed by atoms with Gasteiger partial charge in [-0.2, -0.15) is 22.0 Å². The molecule has 0 aromatic rings. The molecule has 0 aromatic heterocycles. The van der Waals surface area contributed by atoms with E-state index < -0.39 is 40.9 Å². The number of fused-ring (bicyclic) bond motifs is 12. The van der Waals surface area contributed by atoms with E-state index in [1.165, 1.54) is 13.8 Å². The van der Waals surface area contributed by atoms with Crippen molar-refractivity contribution in [1.82, 2.24) is 0 Å². The average Bonchev–Trinajstić information content (AvgIpc) is 3.23. The van der Waals surface area contributed by atoms with Crippen molar-refractivity contribution >= 4 is 0 Å². The molecule has 1 aliphatic heterocycles. The van der Waals surface area contributed by atoms with Crippen LogP contribution in [0.3, 0.4) is 0 Å². The summed E-state index contributed by atoms with van der Waals surface area (Å²) in [5.41, 5.74) is -4.67. The van der Waals surface area contributed by atoms with Crippen LogP contribution < -0.4 is 0 Å². The van der Waals surface area contributed by atoms with Crippen molar-refractivity contribution in [2.75, 3.05) is 0 Å². The molecule has 8 heteroatoms. The molecular weight excluding hydrogens is 383 g/mol. The quantitative estimate of drug-likeness (QED) is 0.471. The van der Waals surface area contributed by atoms with E-state index in [4.69, 9.17) is 4.74 Å². The number of aliphatic hydroxyl groups is 2. The van der Waals surface area contributed by atoms with Crippen LogP contribution in [0.2, 0.25) is 0 Å². The third-order valence-electron chi connectivity index (χ3n) is 9.58. The van der Waals surface area contributed by atoms with Gasteiger partial charge in [0.2, 0.25) is 0 Å². The molecule has 0 aromatic carbocycles. The first kappa shape index (κ1) is 19.5. The normalized spacial score (nSPS) is 60.8. The van der Waals surface area contributed by atoms with Crippen LogP contribution in [0.5, 0.6) is 0 Å². The van der Waals surface area contributed by atoms with Crippen molar-refractivity contribution in [2.45, 2.75) is 69.6 Å². The van der Waals surface area contributed by atoms with Crippen molar-refractivity contribution in [3.63, 3.8) is 0 Å². The second kappa shape index (κ2) is 4.88. The highest BCUT2D eigenvalue weighted by molar-refractivity contribution is 5.29. The highest BCUT2D eigenvalue weighted by atomic mass is 19.4. The lowest BCUT2D eigenvalue weighted by molar-refractivity contribution is -0.512. The van der Waals surface area contributed by atoms with Crippen LogP contribution in [-0.4, -0.2) is 39.3 Å². The predicted octanol–water partition coefficient (Wildman–Crippen LogP) is 3.83. The van der Waals surface area contributed by atoms with E-state index in [1.54, 1.807) is 0 Å². The van der Waals surface area contributed by atoms with Crippen molar-refractivity contribution in [3.05, 3.63) is 0 Å². The van der Waals surface area contributed by atoms with E-state index in [9.17, 15) is 23.4 Å². The van der Waals surface area contributed by atoms with Gasteiger partial charge in [-0.1, -0.05) is 13.8 Å². The topological polar surface area (TPSA) is 49.7 Å². The summed E-state index contributed by atoms with van der Waals surface area (Å²) in [6.45, 7) is 6.84. The lowest BCUT2D eigenvalue weighted by atomic mass is 9.52. The van der Waals surface area contributed by atoms with E-state index in [0.29, 0.717) is 17.8 Å². The average molecular weight is 410 g/mol. The summed E-state index contributed by atoms with van der Waals surface area (Å²) in [5.74, 6) is -10.8. The zero-order valence-electron chi connectivity index (χ0n) is 16.3. The highest BCUT2D eigenvalue weighted by Gasteiger charge is 2.90. The fourth-order valence-electron chi connectivity index (χ4n) is 8.76. The van der Waals surface area contributed by atoms with E-state index >= 15 is 8.78 Å². The molecule has 28 heavy (non-hydrogen) atoms. The summed E-state index contributed by atoms with van der Waals surface area (Å²) in [6.07, 6.45) is -4.56. The van der Waals surface area contributed by atoms with Crippen molar-refractivity contribution in [3.8, 4) is 0 Å². The summed E-state index contributed by atoms with van der Waals surface area (Å²) < 4.78 is 76.4. The first-order valence-corrected chi connectivity index (χ1v) is 10.2. The van der Waals surface area contributed by atoms with Crippen LogP contribution in [0, 0.1) is 53.3 Å². The Morgan fingerprint density at radius 1 is 0.893 bits per heavy atom. The maximum atomic E-state index is 15.4. The third kappa shape index (κ3) is 1.72. The smallest absolute Gasteiger partial charge is 0.383 e. The van der Waals surface area contributed by atoms with E-state index in [-0.39, 0.29) is 30.1 Å². The third-order valence-corrected chi connectivity index (χ3v) is 9.58. The Bertz CT molecular complexity index is 723. The maximum Gasteiger partial charge on any atom is 0.449 e. The summed E-state index contributed by atoms with van der Waals surface area (Å²) in [5, 5.41) is 21.5. The van der Waals surface area contributed by atoms with Crippen molar-refractivity contribution in [2.24, 2.45) is 53.3 Å². The van der Waals surface area contributed by atoms with E-state index in [1.807, 2.05) is 0 Å². The van der Waals surface area contributed by atoms with Crippen molar-refractivity contribution in [1.29, 1.82) is 0 Å². The van der Waals surface area contributed by atoms with Gasteiger partial charge in [-0.05, 0) is 74.0 Å². The predicted molar refractivity (Wildman–Crippen MR) is 88.1 cm³/mol. The Morgan fingerprint density at radius 2 is 1.43 bits per heavy atom. The van der Waals surface area contributed by atoms with Gasteiger partial charge < -0.3 is 14.9 Å². The second-order valence-electron chi connectivity index (χ2n) is 10.7. The number of alkyl halides is 5. The minimum absolute atomic E-state index is 0.141. The molecule has 1 saturated heterocycles. The summed E-state index contributed by atoms with van der Waals surface area (Å²) in [6, 6.07) is 0. The molecule has 5 aliphatic rings. The molecule has 160 valence electrons. The molecule has 1 heterocycles. The fraction of sp³-hybridized carbons (Fsp3) is 1.00. The van der Waals surface area contributed by atoms with Crippen LogP contribution in [-0.2, 0) is 4.74 Å². The lowest BCUT2D eigenvalue weighted by Gasteiger charge is -2.63. The molecule has 4 saturated carbocycles. The summed E-state index contributed by atoms with van der Waals surface area (Å²) >= 11 is 0. The minimum Gasteiger partial charge on any atom is -0.383 e. The summed E-state index contributed by atoms with van der Waals surface area (Å²) in [4.78, 5) is 0. The molecule has 11 atom stereocenters. The van der Waals surface area contributed by atoms with Gasteiger partial charge in [0.25, 0.3) is 0 Å². The lowest BCUT2D eigenvalue weighted by Crippen LogP contribution is -2.81. The first-order chi connectivity index (χ1) is 12.6. The molecule has 0 amide bonds. The van der Waals surface area contributed by atoms with Gasteiger partial charge in [0.05, 0.1) is 5.60 Å². The fourth-order valence-corrected chi connectivity index (χ4v) is 8.76. The van der Waals surface area contributed by atoms with Gasteiger partial charge in [-0.25, -0.2) is 0 Å². The largest absolute Gasteiger partial charge is 0.449 e. The Labute approximate surface area is 160 Å². The Morgan fingerprint density at radius 3 is 1.96 bits per heavy atom. The van der Waals surface area contributed by atoms with Crippen LogP contribution in [0.15, 0.2) is 0 Å². The number of halogens is 5. The molecule has 11 unspecified atom stereocenters. The Hall–Kier alpha value is -0.470. The molecule has 5 rings (SSSR count). The Kier molecular flexibility index (Phi) is 3.40. The second-order valence-corrected chi connectivity index (χ2v) is 10.7. The number of hydrogen-bond donors (Lipinski definition) is 2. The zero-order chi connectivity index (χ0) is 20.8. The number of ether oxygens (including phenoxy) is 1. The summed E-state index contributed by atoms with van der Waals surface area (Å²) in [7, 11) is 0. The van der Waals surface area contributed by atoms with Gasteiger partial charge in [-0.15, -0.1) is 0 Å². The van der Waals surface area contributed by atoms with E-state index in [2.05, 4.69) is 13.8 Å². The van der Waals surface area contributed by atoms with Crippen LogP contribution in [0.25, 0.3) is 0 Å². The van der Waals surface area contributed by atoms with E-state index in [0.717, 1.165) is 6.42 Å². The molecule has 3 nitrogen and oxygen atoms in total. The standard InChI is InChI=1S/C20H27F5O3/c1-7-8(2)10-5-9(7)13-11-6-12(14(10)13)17(26)15(11)16(3,4)28-19(27,18(17,21)22)20(23,24)25/h7-15,26-27H,5-6H2,1-4H3. The first-order valence-electron chi connectivity index (χ1n) is 10.2. The molecule has 4 aliphatic carbocycles. The van der Waals surface area contributed by atoms with Crippen LogP contribution >= 0.6 is 0 Å². The molecule has 2 N–H and O–H groups in total.